The van der Waals surface area contributed by atoms with Gasteiger partial charge in [-0.25, -0.2) is 0 Å². The number of benzene rings is 1. The van der Waals surface area contributed by atoms with Crippen molar-refractivity contribution in [1.29, 1.82) is 0 Å². The minimum Gasteiger partial charge on any atom is -0.490 e. The van der Waals surface area contributed by atoms with Crippen molar-refractivity contribution in [2.75, 3.05) is 0 Å². The van der Waals surface area contributed by atoms with Crippen LogP contribution in [0.5, 0.6) is 5.75 Å². The van der Waals surface area contributed by atoms with Crippen molar-refractivity contribution in [3.8, 4) is 5.75 Å². The number of nitrogens with two attached hydrogens (primary N) is 1. The normalized spacial score (nSPS) is 25.0. The Morgan fingerprint density at radius 1 is 1.32 bits per heavy atom. The largest absolute Gasteiger partial charge is 0.490 e. The zero-order valence-electron chi connectivity index (χ0n) is 12.3. The Labute approximate surface area is 117 Å². The second kappa shape index (κ2) is 6.95. The van der Waals surface area contributed by atoms with Gasteiger partial charge in [0.2, 0.25) is 0 Å². The van der Waals surface area contributed by atoms with E-state index in [1.165, 1.54) is 37.7 Å². The van der Waals surface area contributed by atoms with Crippen molar-refractivity contribution in [2.24, 2.45) is 11.7 Å². The van der Waals surface area contributed by atoms with Crippen molar-refractivity contribution in [3.05, 3.63) is 29.8 Å². The molecule has 1 aliphatic rings. The van der Waals surface area contributed by atoms with Crippen LogP contribution in [-0.2, 0) is 0 Å². The lowest BCUT2D eigenvalue weighted by molar-refractivity contribution is 0.122. The maximum absolute atomic E-state index is 6.17. The summed E-state index contributed by atoms with van der Waals surface area (Å²) in [5.74, 6) is 1.84. The third-order valence-electron chi connectivity index (χ3n) is 4.34. The fourth-order valence-corrected chi connectivity index (χ4v) is 2.97. The van der Waals surface area contributed by atoms with Crippen LogP contribution in [0.2, 0.25) is 0 Å². The standard InChI is InChI=1S/C17H27NO/c1-3-13-7-5-9-15(11-13)19-16-10-6-8-14(12-16)17(18)4-2/h6,8,10,12-13,15,17H,3-5,7,9,11,18H2,1-2H3. The first-order valence-electron chi connectivity index (χ1n) is 7.75. The van der Waals surface area contributed by atoms with Crippen LogP contribution >= 0.6 is 0 Å². The van der Waals surface area contributed by atoms with Gasteiger partial charge in [-0.05, 0) is 49.3 Å². The van der Waals surface area contributed by atoms with Gasteiger partial charge < -0.3 is 10.5 Å². The van der Waals surface area contributed by atoms with E-state index in [0.29, 0.717) is 6.10 Å². The summed E-state index contributed by atoms with van der Waals surface area (Å²) < 4.78 is 6.17. The Balaban J connectivity index is 1.98. The highest BCUT2D eigenvalue weighted by molar-refractivity contribution is 5.30. The van der Waals surface area contributed by atoms with Gasteiger partial charge in [-0.15, -0.1) is 0 Å². The van der Waals surface area contributed by atoms with E-state index in [1.807, 2.05) is 0 Å². The van der Waals surface area contributed by atoms with E-state index in [-0.39, 0.29) is 6.04 Å². The highest BCUT2D eigenvalue weighted by Gasteiger charge is 2.22. The summed E-state index contributed by atoms with van der Waals surface area (Å²) in [6, 6.07) is 8.45. The number of ether oxygens (including phenoxy) is 1. The maximum atomic E-state index is 6.17. The quantitative estimate of drug-likeness (QED) is 0.850. The molecule has 2 rings (SSSR count). The minimum absolute atomic E-state index is 0.123. The second-order valence-corrected chi connectivity index (χ2v) is 5.77. The summed E-state index contributed by atoms with van der Waals surface area (Å²) in [6.45, 7) is 4.40. The average Bonchev–Trinajstić information content (AvgIpc) is 2.47. The molecule has 0 aromatic heterocycles. The highest BCUT2D eigenvalue weighted by atomic mass is 16.5. The Hall–Kier alpha value is -1.02. The molecule has 1 saturated carbocycles. The van der Waals surface area contributed by atoms with Crippen LogP contribution in [0.25, 0.3) is 0 Å². The van der Waals surface area contributed by atoms with Crippen LogP contribution < -0.4 is 10.5 Å². The molecular formula is C17H27NO. The van der Waals surface area contributed by atoms with E-state index in [1.54, 1.807) is 0 Å². The molecule has 0 amide bonds. The Morgan fingerprint density at radius 2 is 2.16 bits per heavy atom. The molecule has 3 unspecified atom stereocenters. The van der Waals surface area contributed by atoms with Gasteiger partial charge >= 0.3 is 0 Å². The molecule has 0 aliphatic heterocycles. The first-order valence-corrected chi connectivity index (χ1v) is 7.75. The number of rotatable bonds is 5. The smallest absolute Gasteiger partial charge is 0.120 e. The van der Waals surface area contributed by atoms with Crippen molar-refractivity contribution >= 4 is 0 Å². The summed E-state index contributed by atoms with van der Waals surface area (Å²) >= 11 is 0. The molecule has 1 aromatic rings. The van der Waals surface area contributed by atoms with Crippen LogP contribution in [0.15, 0.2) is 24.3 Å². The van der Waals surface area contributed by atoms with Crippen LogP contribution in [0.1, 0.15) is 64.0 Å². The fourth-order valence-electron chi connectivity index (χ4n) is 2.97. The predicted molar refractivity (Wildman–Crippen MR) is 80.3 cm³/mol. The third kappa shape index (κ3) is 3.97. The molecule has 0 radical (unpaired) electrons. The zero-order valence-corrected chi connectivity index (χ0v) is 12.3. The van der Waals surface area contributed by atoms with E-state index >= 15 is 0 Å². The summed E-state index contributed by atoms with van der Waals surface area (Å²) in [5, 5.41) is 0. The van der Waals surface area contributed by atoms with E-state index in [4.69, 9.17) is 10.5 Å². The van der Waals surface area contributed by atoms with Crippen molar-refractivity contribution in [1.82, 2.24) is 0 Å². The van der Waals surface area contributed by atoms with E-state index in [9.17, 15) is 0 Å². The third-order valence-corrected chi connectivity index (χ3v) is 4.34. The van der Waals surface area contributed by atoms with Crippen LogP contribution in [0.3, 0.4) is 0 Å². The SMILES string of the molecule is CCC1CCCC(Oc2cccc(C(N)CC)c2)C1. The topological polar surface area (TPSA) is 35.2 Å². The van der Waals surface area contributed by atoms with Gasteiger partial charge in [0.05, 0.1) is 6.10 Å². The van der Waals surface area contributed by atoms with Gasteiger partial charge in [-0.3, -0.25) is 0 Å². The first kappa shape index (κ1) is 14.4. The molecule has 19 heavy (non-hydrogen) atoms. The summed E-state index contributed by atoms with van der Waals surface area (Å²) in [6.07, 6.45) is 7.72. The molecule has 0 saturated heterocycles. The van der Waals surface area contributed by atoms with Crippen LogP contribution in [0, 0.1) is 5.92 Å². The maximum Gasteiger partial charge on any atom is 0.120 e. The molecule has 0 heterocycles. The lowest BCUT2D eigenvalue weighted by atomic mass is 9.85. The summed E-state index contributed by atoms with van der Waals surface area (Å²) in [4.78, 5) is 0. The summed E-state index contributed by atoms with van der Waals surface area (Å²) in [5.41, 5.74) is 7.27. The second-order valence-electron chi connectivity index (χ2n) is 5.77. The molecule has 2 N–H and O–H groups in total. The van der Waals surface area contributed by atoms with Crippen LogP contribution in [-0.4, -0.2) is 6.10 Å². The van der Waals surface area contributed by atoms with Gasteiger partial charge in [-0.1, -0.05) is 38.8 Å². The molecule has 1 fully saturated rings. The molecule has 2 nitrogen and oxygen atoms in total. The fraction of sp³-hybridized carbons (Fsp3) is 0.647. The Kier molecular flexibility index (Phi) is 5.26. The lowest BCUT2D eigenvalue weighted by Gasteiger charge is -2.29. The van der Waals surface area contributed by atoms with Gasteiger partial charge in [0.1, 0.15) is 5.75 Å². The van der Waals surface area contributed by atoms with Gasteiger partial charge in [0, 0.05) is 6.04 Å². The number of hydrogen-bond donors (Lipinski definition) is 1. The molecule has 2 heteroatoms. The van der Waals surface area contributed by atoms with E-state index in [0.717, 1.165) is 18.1 Å². The lowest BCUT2D eigenvalue weighted by Crippen LogP contribution is -2.25. The average molecular weight is 261 g/mol. The summed E-state index contributed by atoms with van der Waals surface area (Å²) in [7, 11) is 0. The predicted octanol–water partition coefficient (Wildman–Crippen LogP) is 4.44. The molecular weight excluding hydrogens is 234 g/mol. The molecule has 3 atom stereocenters. The van der Waals surface area contributed by atoms with Crippen molar-refractivity contribution in [3.63, 3.8) is 0 Å². The molecule has 106 valence electrons. The van der Waals surface area contributed by atoms with E-state index in [2.05, 4.69) is 38.1 Å². The molecule has 1 aromatic carbocycles. The Morgan fingerprint density at radius 3 is 2.89 bits per heavy atom. The van der Waals surface area contributed by atoms with Crippen molar-refractivity contribution < 1.29 is 4.74 Å². The first-order chi connectivity index (χ1) is 9.22. The van der Waals surface area contributed by atoms with Gasteiger partial charge in [-0.2, -0.15) is 0 Å². The molecule has 1 aliphatic carbocycles. The highest BCUT2D eigenvalue weighted by Crippen LogP contribution is 2.30. The van der Waals surface area contributed by atoms with Crippen LogP contribution in [0.4, 0.5) is 0 Å². The van der Waals surface area contributed by atoms with Crippen molar-refractivity contribution in [2.45, 2.75) is 64.5 Å². The monoisotopic (exact) mass is 261 g/mol. The Bertz CT molecular complexity index is 391. The molecule has 0 bridgehead atoms. The molecule has 0 spiro atoms. The van der Waals surface area contributed by atoms with E-state index < -0.39 is 0 Å². The minimum atomic E-state index is 0.123. The van der Waals surface area contributed by atoms with Gasteiger partial charge in [0.15, 0.2) is 0 Å². The number of hydrogen-bond acceptors (Lipinski definition) is 2. The van der Waals surface area contributed by atoms with Gasteiger partial charge in [0.25, 0.3) is 0 Å². The zero-order chi connectivity index (χ0) is 13.7.